The van der Waals surface area contributed by atoms with Crippen LogP contribution in [0.4, 0.5) is 23.9 Å². The van der Waals surface area contributed by atoms with Crippen molar-refractivity contribution in [2.75, 3.05) is 31.1 Å². The molecule has 2 saturated heterocycles. The molecule has 2 fully saturated rings. The van der Waals surface area contributed by atoms with Gasteiger partial charge in [0.25, 0.3) is 5.91 Å². The number of hydrogen-bond donors (Lipinski definition) is 1. The summed E-state index contributed by atoms with van der Waals surface area (Å²) in [6.45, 7) is 13.5. The molecule has 10 nitrogen and oxygen atoms in total. The molecule has 3 heterocycles. The first-order chi connectivity index (χ1) is 17.5. The first-order valence-corrected chi connectivity index (χ1v) is 15.6. The van der Waals surface area contributed by atoms with Crippen molar-refractivity contribution in [1.82, 2.24) is 14.9 Å². The number of piperidine rings is 1. The van der Waals surface area contributed by atoms with Gasteiger partial charge in [-0.15, -0.1) is 0 Å². The van der Waals surface area contributed by atoms with Crippen LogP contribution in [0.1, 0.15) is 46.1 Å². The van der Waals surface area contributed by atoms with Gasteiger partial charge in [0.15, 0.2) is 8.32 Å². The van der Waals surface area contributed by atoms with E-state index >= 15 is 0 Å². The van der Waals surface area contributed by atoms with Crippen molar-refractivity contribution in [3.8, 4) is 0 Å². The van der Waals surface area contributed by atoms with Crippen LogP contribution in [0.25, 0.3) is 0 Å². The van der Waals surface area contributed by atoms with Crippen molar-refractivity contribution in [2.45, 2.75) is 89.2 Å². The molecule has 2 aliphatic rings. The normalized spacial score (nSPS) is 24.0. The molecule has 3 rings (SSSR count). The highest BCUT2D eigenvalue weighted by molar-refractivity contribution is 6.74. The number of amides is 2. The van der Waals surface area contributed by atoms with Crippen molar-refractivity contribution in [3.05, 3.63) is 18.0 Å². The van der Waals surface area contributed by atoms with Gasteiger partial charge in [0, 0.05) is 38.4 Å². The van der Waals surface area contributed by atoms with Crippen molar-refractivity contribution < 1.29 is 36.7 Å². The fourth-order valence-corrected chi connectivity index (χ4v) is 5.73. The lowest BCUT2D eigenvalue weighted by atomic mass is 10.0. The summed E-state index contributed by atoms with van der Waals surface area (Å²) < 4.78 is 56.3. The maximum atomic E-state index is 13.3. The summed E-state index contributed by atoms with van der Waals surface area (Å²) >= 11 is 0. The molecule has 4 atom stereocenters. The topological polar surface area (TPSA) is 120 Å². The molecule has 0 aromatic carbocycles. The summed E-state index contributed by atoms with van der Waals surface area (Å²) in [5.74, 6) is 0.0296. The number of carbonyl (C=O) groups is 2. The van der Waals surface area contributed by atoms with E-state index < -0.39 is 44.5 Å². The van der Waals surface area contributed by atoms with Gasteiger partial charge in [-0.3, -0.25) is 4.79 Å². The predicted molar refractivity (Wildman–Crippen MR) is 136 cm³/mol. The molecule has 2 N–H and O–H groups in total. The molecule has 0 bridgehead atoms. The first kappa shape index (κ1) is 30.1. The third-order valence-corrected chi connectivity index (χ3v) is 12.0. The fraction of sp³-hybridized carbons (Fsp3) is 0.750. The molecule has 0 spiro atoms. The van der Waals surface area contributed by atoms with E-state index in [0.29, 0.717) is 32.5 Å². The van der Waals surface area contributed by atoms with Gasteiger partial charge in [0.2, 0.25) is 5.95 Å². The number of anilines is 1. The van der Waals surface area contributed by atoms with Gasteiger partial charge in [-0.05, 0) is 31.5 Å². The summed E-state index contributed by atoms with van der Waals surface area (Å²) in [4.78, 5) is 35.8. The Labute approximate surface area is 222 Å². The van der Waals surface area contributed by atoms with E-state index in [-0.39, 0.29) is 29.5 Å². The zero-order valence-electron chi connectivity index (χ0n) is 22.7. The van der Waals surface area contributed by atoms with Crippen LogP contribution in [0.5, 0.6) is 0 Å². The Bertz CT molecular complexity index is 989. The molecule has 2 aliphatic heterocycles. The van der Waals surface area contributed by atoms with E-state index in [1.807, 2.05) is 4.90 Å². The van der Waals surface area contributed by atoms with E-state index in [9.17, 15) is 22.8 Å². The zero-order chi connectivity index (χ0) is 28.5. The monoisotopic (exact) mass is 561 g/mol. The number of rotatable bonds is 8. The third kappa shape index (κ3) is 7.14. The second kappa shape index (κ2) is 11.3. The molecular formula is C24H38F3N5O5Si. The Morgan fingerprint density at radius 1 is 1.18 bits per heavy atom. The van der Waals surface area contributed by atoms with Gasteiger partial charge in [-0.2, -0.15) is 13.2 Å². The number of likely N-dealkylation sites (tertiary alicyclic amines) is 1. The number of halogens is 3. The summed E-state index contributed by atoms with van der Waals surface area (Å²) in [5, 5.41) is -0.0953. The molecule has 14 heteroatoms. The zero-order valence-corrected chi connectivity index (χ0v) is 23.7. The molecular weight excluding hydrogens is 523 g/mol. The summed E-state index contributed by atoms with van der Waals surface area (Å²) in [5.41, 5.74) is 4.13. The van der Waals surface area contributed by atoms with Crippen LogP contribution in [-0.2, 0) is 24.9 Å². The summed E-state index contributed by atoms with van der Waals surface area (Å²) in [7, 11) is -2.28. The minimum absolute atomic E-state index is 0.0424. The maximum Gasteiger partial charge on any atom is 0.419 e. The van der Waals surface area contributed by atoms with E-state index in [4.69, 9.17) is 19.6 Å². The lowest BCUT2D eigenvalue weighted by Gasteiger charge is -2.47. The molecule has 214 valence electrons. The van der Waals surface area contributed by atoms with Crippen molar-refractivity contribution >= 4 is 26.3 Å². The standard InChI is InChI=1S/C24H38F3N5O5Si/c1-15(36-21(28)34)14-35-18-8-10-32(20(18)33)17-7-9-31(13-19(17)37-38(5,6)23(2,3)4)22-29-11-16(12-30-22)24(25,26)27/h11-12,15,17-19H,7-10,13-14H2,1-6H3,(H2,28,34)/t15?,17-,18+,19+/m0/s1. The number of nitrogens with two attached hydrogens (primary N) is 1. The molecule has 0 radical (unpaired) electrons. The average molecular weight is 562 g/mol. The second-order valence-electron chi connectivity index (χ2n) is 11.4. The second-order valence-corrected chi connectivity index (χ2v) is 16.1. The Morgan fingerprint density at radius 3 is 2.37 bits per heavy atom. The van der Waals surface area contributed by atoms with Crippen LogP contribution in [0.3, 0.4) is 0 Å². The molecule has 0 saturated carbocycles. The van der Waals surface area contributed by atoms with Gasteiger partial charge in [0.05, 0.1) is 24.3 Å². The lowest BCUT2D eigenvalue weighted by Crippen LogP contribution is -2.60. The number of alkyl halides is 3. The van der Waals surface area contributed by atoms with Crippen LogP contribution in [0, 0.1) is 0 Å². The number of primary amides is 1. The number of aromatic nitrogens is 2. The minimum atomic E-state index is -4.52. The number of carbonyl (C=O) groups excluding carboxylic acids is 2. The quantitative estimate of drug-likeness (QED) is 0.479. The Hall–Kier alpha value is -2.45. The highest BCUT2D eigenvalue weighted by atomic mass is 28.4. The summed E-state index contributed by atoms with van der Waals surface area (Å²) in [6.07, 6.45) is -4.49. The molecule has 2 amide bonds. The Kier molecular flexibility index (Phi) is 8.98. The predicted octanol–water partition coefficient (Wildman–Crippen LogP) is 3.57. The molecule has 0 aliphatic carbocycles. The van der Waals surface area contributed by atoms with Crippen LogP contribution in [-0.4, -0.2) is 85.8 Å². The van der Waals surface area contributed by atoms with Crippen molar-refractivity contribution in [3.63, 3.8) is 0 Å². The highest BCUT2D eigenvalue weighted by Crippen LogP contribution is 2.39. The van der Waals surface area contributed by atoms with Crippen molar-refractivity contribution in [2.24, 2.45) is 5.73 Å². The largest absolute Gasteiger partial charge is 0.444 e. The van der Waals surface area contributed by atoms with E-state index in [1.165, 1.54) is 0 Å². The lowest BCUT2D eigenvalue weighted by molar-refractivity contribution is -0.142. The van der Waals surface area contributed by atoms with Gasteiger partial charge in [-0.25, -0.2) is 14.8 Å². The number of hydrogen-bond acceptors (Lipinski definition) is 8. The van der Waals surface area contributed by atoms with Gasteiger partial charge in [0.1, 0.15) is 12.2 Å². The molecule has 1 unspecified atom stereocenters. The van der Waals surface area contributed by atoms with Crippen LogP contribution < -0.4 is 10.6 Å². The van der Waals surface area contributed by atoms with E-state index in [0.717, 1.165) is 12.4 Å². The summed E-state index contributed by atoms with van der Waals surface area (Å²) in [6, 6.07) is -0.241. The highest BCUT2D eigenvalue weighted by Gasteiger charge is 2.47. The van der Waals surface area contributed by atoms with Gasteiger partial charge < -0.3 is 29.4 Å². The van der Waals surface area contributed by atoms with Crippen molar-refractivity contribution in [1.29, 1.82) is 0 Å². The van der Waals surface area contributed by atoms with Crippen LogP contribution in [0.15, 0.2) is 12.4 Å². The Morgan fingerprint density at radius 2 is 1.82 bits per heavy atom. The fourth-order valence-electron chi connectivity index (χ4n) is 4.39. The Balaban J connectivity index is 1.76. The molecule has 1 aromatic rings. The average Bonchev–Trinajstić information content (AvgIpc) is 3.15. The smallest absolute Gasteiger partial charge is 0.419 e. The van der Waals surface area contributed by atoms with E-state index in [2.05, 4.69) is 43.8 Å². The van der Waals surface area contributed by atoms with E-state index in [1.54, 1.807) is 11.8 Å². The number of nitrogens with zero attached hydrogens (tertiary/aromatic N) is 4. The number of ether oxygens (including phenoxy) is 2. The minimum Gasteiger partial charge on any atom is -0.444 e. The SMILES string of the molecule is CC(CO[C@@H]1CCN([C@H]2CCN(c3ncc(C(F)(F)F)cn3)C[C@H]2O[Si](C)(C)C(C)(C)C)C1=O)OC(N)=O. The molecule has 38 heavy (non-hydrogen) atoms. The van der Waals surface area contributed by atoms with Gasteiger partial charge in [-0.1, -0.05) is 20.8 Å². The van der Waals surface area contributed by atoms with Crippen LogP contribution >= 0.6 is 0 Å². The van der Waals surface area contributed by atoms with Crippen LogP contribution in [0.2, 0.25) is 18.1 Å². The first-order valence-electron chi connectivity index (χ1n) is 12.7. The van der Waals surface area contributed by atoms with Gasteiger partial charge >= 0.3 is 12.3 Å². The third-order valence-electron chi connectivity index (χ3n) is 7.47. The molecule has 1 aromatic heterocycles. The maximum absolute atomic E-state index is 13.3.